The van der Waals surface area contributed by atoms with Crippen molar-refractivity contribution in [1.29, 1.82) is 0 Å². The third-order valence-corrected chi connectivity index (χ3v) is 5.70. The van der Waals surface area contributed by atoms with E-state index in [-0.39, 0.29) is 0 Å². The molecule has 0 fully saturated rings. The summed E-state index contributed by atoms with van der Waals surface area (Å²) in [5.74, 6) is 1.30. The molecule has 0 unspecified atom stereocenters. The van der Waals surface area contributed by atoms with Crippen LogP contribution in [0.15, 0.2) is 109 Å². The van der Waals surface area contributed by atoms with Gasteiger partial charge in [0.1, 0.15) is 5.75 Å². The minimum atomic E-state index is 0.566. The molecule has 0 aliphatic heterocycles. The van der Waals surface area contributed by atoms with Gasteiger partial charge in [0.2, 0.25) is 5.88 Å². The van der Waals surface area contributed by atoms with Gasteiger partial charge in [0, 0.05) is 24.0 Å². The van der Waals surface area contributed by atoms with Crippen LogP contribution in [0.3, 0.4) is 0 Å². The zero-order valence-electron chi connectivity index (χ0n) is 18.7. The van der Waals surface area contributed by atoms with Gasteiger partial charge in [-0.3, -0.25) is 4.98 Å². The lowest BCUT2D eigenvalue weighted by Crippen LogP contribution is -1.95. The van der Waals surface area contributed by atoms with E-state index in [2.05, 4.69) is 72.3 Å². The molecule has 160 valence electrons. The fraction of sp³-hybridized carbons (Fsp3) is 0.0667. The number of nitrogens with zero attached hydrogens (tertiary/aromatic N) is 2. The quantitative estimate of drug-likeness (QED) is 0.285. The molecule has 0 bridgehead atoms. The number of rotatable bonds is 5. The standard InChI is InChI=1S/C30H24N2O/c1-21-18-24(23-10-4-3-5-11-23)19-22(2)30(21)26-15-14-25(33-29-13-7-9-17-32-29)20-27(26)28-12-6-8-16-31-28/h3-20H,1-2H3. The molecule has 0 radical (unpaired) electrons. The average Bonchev–Trinajstić information content (AvgIpc) is 2.86. The molecule has 5 aromatic rings. The summed E-state index contributed by atoms with van der Waals surface area (Å²) in [6.45, 7) is 4.35. The molecular weight excluding hydrogens is 404 g/mol. The molecule has 0 spiro atoms. The molecule has 0 saturated carbocycles. The van der Waals surface area contributed by atoms with Crippen molar-refractivity contribution < 1.29 is 4.74 Å². The van der Waals surface area contributed by atoms with Crippen LogP contribution < -0.4 is 4.74 Å². The lowest BCUT2D eigenvalue weighted by atomic mass is 9.88. The molecule has 0 aliphatic carbocycles. The van der Waals surface area contributed by atoms with Crippen molar-refractivity contribution in [3.8, 4) is 45.1 Å². The molecule has 0 aliphatic rings. The van der Waals surface area contributed by atoms with Crippen LogP contribution in [0.25, 0.3) is 33.5 Å². The first-order valence-corrected chi connectivity index (χ1v) is 11.0. The zero-order chi connectivity index (χ0) is 22.6. The molecular formula is C30H24N2O. The Morgan fingerprint density at radius 3 is 1.94 bits per heavy atom. The van der Waals surface area contributed by atoms with Crippen LogP contribution in [0, 0.1) is 13.8 Å². The van der Waals surface area contributed by atoms with Crippen LogP contribution in [0.1, 0.15) is 11.1 Å². The number of hydrogen-bond acceptors (Lipinski definition) is 3. The molecule has 2 heterocycles. The zero-order valence-corrected chi connectivity index (χ0v) is 18.7. The van der Waals surface area contributed by atoms with Crippen molar-refractivity contribution in [3.63, 3.8) is 0 Å². The second kappa shape index (κ2) is 9.09. The summed E-state index contributed by atoms with van der Waals surface area (Å²) in [5.41, 5.74) is 9.20. The third kappa shape index (κ3) is 4.39. The Kier molecular flexibility index (Phi) is 5.69. The highest BCUT2D eigenvalue weighted by Crippen LogP contribution is 2.39. The van der Waals surface area contributed by atoms with Crippen molar-refractivity contribution in [2.24, 2.45) is 0 Å². The van der Waals surface area contributed by atoms with Crippen LogP contribution in [-0.2, 0) is 0 Å². The maximum absolute atomic E-state index is 6.03. The Morgan fingerprint density at radius 1 is 0.576 bits per heavy atom. The molecule has 2 aromatic heterocycles. The van der Waals surface area contributed by atoms with Crippen molar-refractivity contribution in [2.45, 2.75) is 13.8 Å². The molecule has 0 saturated heterocycles. The maximum atomic E-state index is 6.03. The van der Waals surface area contributed by atoms with Gasteiger partial charge < -0.3 is 4.74 Å². The van der Waals surface area contributed by atoms with Crippen molar-refractivity contribution in [1.82, 2.24) is 9.97 Å². The van der Waals surface area contributed by atoms with Gasteiger partial charge in [0.15, 0.2) is 0 Å². The second-order valence-electron chi connectivity index (χ2n) is 8.04. The van der Waals surface area contributed by atoms with Gasteiger partial charge in [0.25, 0.3) is 0 Å². The van der Waals surface area contributed by atoms with Crippen LogP contribution in [0.4, 0.5) is 0 Å². The smallest absolute Gasteiger partial charge is 0.219 e. The first-order chi connectivity index (χ1) is 16.2. The van der Waals surface area contributed by atoms with Gasteiger partial charge in [-0.2, -0.15) is 0 Å². The van der Waals surface area contributed by atoms with E-state index in [0.717, 1.165) is 22.6 Å². The lowest BCUT2D eigenvalue weighted by Gasteiger charge is -2.18. The Labute approximate surface area is 194 Å². The number of benzene rings is 3. The Hall–Kier alpha value is -4.24. The SMILES string of the molecule is Cc1cc(-c2ccccc2)cc(C)c1-c1ccc(Oc2ccccn2)cc1-c1ccccn1. The normalized spacial score (nSPS) is 10.7. The highest BCUT2D eigenvalue weighted by molar-refractivity contribution is 5.87. The summed E-state index contributed by atoms with van der Waals surface area (Å²) in [4.78, 5) is 8.92. The van der Waals surface area contributed by atoms with E-state index in [4.69, 9.17) is 4.74 Å². The van der Waals surface area contributed by atoms with E-state index >= 15 is 0 Å². The Morgan fingerprint density at radius 2 is 1.27 bits per heavy atom. The summed E-state index contributed by atoms with van der Waals surface area (Å²) in [6.07, 6.45) is 3.55. The topological polar surface area (TPSA) is 35.0 Å². The highest BCUT2D eigenvalue weighted by atomic mass is 16.5. The largest absolute Gasteiger partial charge is 0.439 e. The van der Waals surface area contributed by atoms with Crippen LogP contribution >= 0.6 is 0 Å². The third-order valence-electron chi connectivity index (χ3n) is 5.70. The number of aryl methyl sites for hydroxylation is 2. The molecule has 33 heavy (non-hydrogen) atoms. The molecule has 0 amide bonds. The monoisotopic (exact) mass is 428 g/mol. The van der Waals surface area contributed by atoms with Gasteiger partial charge in [-0.15, -0.1) is 0 Å². The van der Waals surface area contributed by atoms with Crippen molar-refractivity contribution in [2.75, 3.05) is 0 Å². The lowest BCUT2D eigenvalue weighted by molar-refractivity contribution is 0.463. The predicted octanol–water partition coefficient (Wildman–Crippen LogP) is 7.89. The number of pyridine rings is 2. The Bertz CT molecular complexity index is 1360. The van der Waals surface area contributed by atoms with Gasteiger partial charge in [-0.25, -0.2) is 4.98 Å². The van der Waals surface area contributed by atoms with Crippen molar-refractivity contribution >= 4 is 0 Å². The van der Waals surface area contributed by atoms with Gasteiger partial charge in [-0.1, -0.05) is 54.6 Å². The molecule has 5 rings (SSSR count). The minimum Gasteiger partial charge on any atom is -0.439 e. The van der Waals surface area contributed by atoms with Gasteiger partial charge in [-0.05, 0) is 83.6 Å². The minimum absolute atomic E-state index is 0.566. The number of aromatic nitrogens is 2. The van der Waals surface area contributed by atoms with Gasteiger partial charge in [0.05, 0.1) is 5.69 Å². The van der Waals surface area contributed by atoms with Crippen molar-refractivity contribution in [3.05, 3.63) is 121 Å². The van der Waals surface area contributed by atoms with E-state index in [9.17, 15) is 0 Å². The summed E-state index contributed by atoms with van der Waals surface area (Å²) in [7, 11) is 0. The first kappa shape index (κ1) is 20.7. The second-order valence-corrected chi connectivity index (χ2v) is 8.04. The molecule has 0 atom stereocenters. The predicted molar refractivity (Wildman–Crippen MR) is 134 cm³/mol. The first-order valence-electron chi connectivity index (χ1n) is 11.0. The van der Waals surface area contributed by atoms with Crippen LogP contribution in [0.5, 0.6) is 11.6 Å². The summed E-state index contributed by atoms with van der Waals surface area (Å²) < 4.78 is 6.03. The van der Waals surface area contributed by atoms with Crippen LogP contribution in [0.2, 0.25) is 0 Å². The van der Waals surface area contributed by atoms with E-state index in [1.165, 1.54) is 27.8 Å². The fourth-order valence-corrected chi connectivity index (χ4v) is 4.25. The highest BCUT2D eigenvalue weighted by Gasteiger charge is 2.16. The molecule has 0 N–H and O–H groups in total. The molecule has 3 aromatic carbocycles. The number of hydrogen-bond donors (Lipinski definition) is 0. The summed E-state index contributed by atoms with van der Waals surface area (Å²) in [6, 6.07) is 32.8. The molecule has 3 nitrogen and oxygen atoms in total. The van der Waals surface area contributed by atoms with Gasteiger partial charge >= 0.3 is 0 Å². The molecule has 3 heteroatoms. The fourth-order valence-electron chi connectivity index (χ4n) is 4.25. The summed E-state index contributed by atoms with van der Waals surface area (Å²) >= 11 is 0. The van der Waals surface area contributed by atoms with E-state index in [1.807, 2.05) is 54.7 Å². The maximum Gasteiger partial charge on any atom is 0.219 e. The average molecular weight is 429 g/mol. The van der Waals surface area contributed by atoms with Crippen LogP contribution in [-0.4, -0.2) is 9.97 Å². The number of ether oxygens (including phenoxy) is 1. The van der Waals surface area contributed by atoms with E-state index < -0.39 is 0 Å². The Balaban J connectivity index is 1.63. The van der Waals surface area contributed by atoms with E-state index in [1.54, 1.807) is 6.20 Å². The van der Waals surface area contributed by atoms with E-state index in [0.29, 0.717) is 5.88 Å². The summed E-state index contributed by atoms with van der Waals surface area (Å²) in [5, 5.41) is 0.